The van der Waals surface area contributed by atoms with Crippen molar-refractivity contribution in [2.24, 2.45) is 11.5 Å². The summed E-state index contributed by atoms with van der Waals surface area (Å²) in [6.07, 6.45) is 1.92. The summed E-state index contributed by atoms with van der Waals surface area (Å²) >= 11 is 0. The molecule has 52 heavy (non-hydrogen) atoms. The lowest BCUT2D eigenvalue weighted by Gasteiger charge is -2.43. The molecule has 2 saturated heterocycles. The van der Waals surface area contributed by atoms with Crippen LogP contribution in [0.15, 0.2) is 0 Å². The van der Waals surface area contributed by atoms with Crippen LogP contribution in [-0.2, 0) is 38.1 Å². The first kappa shape index (κ1) is 51.6. The quantitative estimate of drug-likeness (QED) is 0.0988. The molecule has 18 nitrogen and oxygen atoms in total. The van der Waals surface area contributed by atoms with Gasteiger partial charge in [0.25, 0.3) is 0 Å². The SMILES string of the molecule is CCC(CO)(CO)NC(=O)CCC(=O)O.CCC(N)(CO)CO.CCC1(N)COC(C)(C)OC1.CCC1(NC(=O)CCC(=O)O)COC(C)(C)OC1. The van der Waals surface area contributed by atoms with Gasteiger partial charge >= 0.3 is 11.9 Å². The van der Waals surface area contributed by atoms with Crippen LogP contribution in [0, 0.1) is 0 Å². The standard InChI is InChI=1S/C12H21NO5.C9H17NO5.C8H17NO2.C5H13NO2/c1-4-12(7-17-11(2,3)18-8-12)13-9(14)5-6-10(15)16;1-2-9(5-11,6-12)10-7(13)3-4-8(14)15;1-4-8(9)5-10-7(2,3)11-6-8;1-2-5(6,3-7)4-8/h4-8H2,1-3H3,(H,13,14)(H,15,16);11-12H,2-6H2,1H3,(H,10,13)(H,14,15);4-6,9H2,1-3H3;7-8H,2-4,6H2,1H3. The van der Waals surface area contributed by atoms with Gasteiger partial charge < -0.3 is 71.7 Å². The molecule has 18 heteroatoms. The number of aliphatic carboxylic acids is 2. The largest absolute Gasteiger partial charge is 0.481 e. The third-order valence-corrected chi connectivity index (χ3v) is 8.74. The maximum atomic E-state index is 11.7. The van der Waals surface area contributed by atoms with Gasteiger partial charge in [-0.25, -0.2) is 0 Å². The zero-order valence-corrected chi connectivity index (χ0v) is 32.4. The molecule has 0 unspecified atom stereocenters. The lowest BCUT2D eigenvalue weighted by molar-refractivity contribution is -0.271. The third-order valence-electron chi connectivity index (χ3n) is 8.74. The summed E-state index contributed by atoms with van der Waals surface area (Å²) in [7, 11) is 0. The summed E-state index contributed by atoms with van der Waals surface area (Å²) in [5.41, 5.74) is 8.70. The van der Waals surface area contributed by atoms with Gasteiger partial charge in [0.1, 0.15) is 0 Å². The van der Waals surface area contributed by atoms with E-state index in [1.165, 1.54) is 0 Å². The highest BCUT2D eigenvalue weighted by atomic mass is 16.7. The van der Waals surface area contributed by atoms with Crippen molar-refractivity contribution in [3.05, 3.63) is 0 Å². The fourth-order valence-electron chi connectivity index (χ4n) is 3.87. The average Bonchev–Trinajstić information content (AvgIpc) is 3.12. The van der Waals surface area contributed by atoms with Crippen LogP contribution < -0.4 is 22.1 Å². The Bertz CT molecular complexity index is 1030. The molecule has 0 bridgehead atoms. The van der Waals surface area contributed by atoms with E-state index in [0.29, 0.717) is 45.7 Å². The van der Waals surface area contributed by atoms with Gasteiger partial charge in [0.05, 0.1) is 87.9 Å². The van der Waals surface area contributed by atoms with E-state index < -0.39 is 46.0 Å². The molecule has 0 aromatic carbocycles. The Balaban J connectivity index is 0. The van der Waals surface area contributed by atoms with Crippen LogP contribution in [0.2, 0.25) is 0 Å². The average molecular weight is 757 g/mol. The first-order valence-corrected chi connectivity index (χ1v) is 17.6. The zero-order chi connectivity index (χ0) is 40.9. The van der Waals surface area contributed by atoms with Crippen LogP contribution in [0.5, 0.6) is 0 Å². The maximum absolute atomic E-state index is 11.7. The molecule has 0 atom stereocenters. The molecule has 0 saturated carbocycles. The van der Waals surface area contributed by atoms with Crippen LogP contribution >= 0.6 is 0 Å². The smallest absolute Gasteiger partial charge is 0.303 e. The summed E-state index contributed by atoms with van der Waals surface area (Å²) in [6, 6.07) is 0. The number of rotatable bonds is 16. The summed E-state index contributed by atoms with van der Waals surface area (Å²) in [6.45, 7) is 15.8. The van der Waals surface area contributed by atoms with Gasteiger partial charge in [-0.3, -0.25) is 19.2 Å². The number of hydrogen-bond donors (Lipinski definition) is 10. The fourth-order valence-corrected chi connectivity index (χ4v) is 3.87. The van der Waals surface area contributed by atoms with Crippen molar-refractivity contribution in [1.82, 2.24) is 10.6 Å². The monoisotopic (exact) mass is 756 g/mol. The summed E-state index contributed by atoms with van der Waals surface area (Å²) < 4.78 is 21.9. The van der Waals surface area contributed by atoms with Gasteiger partial charge in [0.2, 0.25) is 11.8 Å². The van der Waals surface area contributed by atoms with Gasteiger partial charge in [-0.15, -0.1) is 0 Å². The summed E-state index contributed by atoms with van der Waals surface area (Å²) in [4.78, 5) is 43.5. The third kappa shape index (κ3) is 21.2. The summed E-state index contributed by atoms with van der Waals surface area (Å²) in [5, 5.41) is 57.2. The minimum Gasteiger partial charge on any atom is -0.481 e. The Morgan fingerprint density at radius 1 is 0.635 bits per heavy atom. The second-order valence-electron chi connectivity index (χ2n) is 14.2. The van der Waals surface area contributed by atoms with E-state index in [9.17, 15) is 19.2 Å². The van der Waals surface area contributed by atoms with Gasteiger partial charge in [-0.2, -0.15) is 0 Å². The van der Waals surface area contributed by atoms with E-state index in [1.54, 1.807) is 6.92 Å². The topological polar surface area (TPSA) is 303 Å². The van der Waals surface area contributed by atoms with Gasteiger partial charge in [0.15, 0.2) is 11.6 Å². The number of carbonyl (C=O) groups is 4. The van der Waals surface area contributed by atoms with Crippen LogP contribution in [0.1, 0.15) is 107 Å². The van der Waals surface area contributed by atoms with E-state index in [0.717, 1.165) is 6.42 Å². The molecule has 2 amide bonds. The molecule has 0 radical (unpaired) electrons. The number of nitrogens with one attached hydrogen (secondary N) is 2. The summed E-state index contributed by atoms with van der Waals surface area (Å²) in [5.74, 6) is -3.88. The van der Waals surface area contributed by atoms with Crippen molar-refractivity contribution in [2.45, 2.75) is 140 Å². The Labute approximate surface area is 307 Å². The number of ether oxygens (including phenoxy) is 4. The molecule has 2 fully saturated rings. The molecular weight excluding hydrogens is 688 g/mol. The minimum absolute atomic E-state index is 0.0273. The number of carboxylic acids is 2. The van der Waals surface area contributed by atoms with Crippen molar-refractivity contribution >= 4 is 23.8 Å². The van der Waals surface area contributed by atoms with Crippen LogP contribution in [0.4, 0.5) is 0 Å². The second kappa shape index (κ2) is 24.0. The highest BCUT2D eigenvalue weighted by molar-refractivity contribution is 5.81. The highest BCUT2D eigenvalue weighted by Gasteiger charge is 2.40. The van der Waals surface area contributed by atoms with Crippen LogP contribution in [0.3, 0.4) is 0 Å². The number of nitrogens with two attached hydrogens (primary N) is 2. The fraction of sp³-hybridized carbons (Fsp3) is 0.882. The second-order valence-corrected chi connectivity index (χ2v) is 14.2. The lowest BCUT2D eigenvalue weighted by Crippen LogP contribution is -2.60. The van der Waals surface area contributed by atoms with E-state index in [4.69, 9.17) is 61.1 Å². The molecule has 2 rings (SSSR count). The number of amides is 2. The predicted octanol–water partition coefficient (Wildman–Crippen LogP) is -0.0448. The van der Waals surface area contributed by atoms with Gasteiger partial charge in [-0.05, 0) is 53.4 Å². The first-order valence-electron chi connectivity index (χ1n) is 17.6. The minimum atomic E-state index is -1.06. The lowest BCUT2D eigenvalue weighted by atomic mass is 9.96. The number of carbonyl (C=O) groups excluding carboxylic acids is 2. The van der Waals surface area contributed by atoms with E-state index in [1.807, 2.05) is 48.5 Å². The molecular formula is C34H68N4O14. The molecule has 2 aliphatic rings. The number of aliphatic hydroxyl groups excluding tert-OH is 4. The van der Waals surface area contributed by atoms with Gasteiger partial charge in [-0.1, -0.05) is 27.7 Å². The Morgan fingerprint density at radius 3 is 1.33 bits per heavy atom. The first-order chi connectivity index (χ1) is 23.9. The van der Waals surface area contributed by atoms with Crippen molar-refractivity contribution in [3.63, 3.8) is 0 Å². The van der Waals surface area contributed by atoms with E-state index in [2.05, 4.69) is 10.6 Å². The normalized spacial score (nSPS) is 18.4. The Hall–Kier alpha value is -2.52. The Kier molecular flexibility index (Phi) is 23.8. The highest BCUT2D eigenvalue weighted by Crippen LogP contribution is 2.26. The van der Waals surface area contributed by atoms with Crippen molar-refractivity contribution < 1.29 is 68.8 Å². The molecule has 0 aliphatic carbocycles. The number of aliphatic hydroxyl groups is 4. The number of carboxylic acid groups (broad SMARTS) is 2. The van der Waals surface area contributed by atoms with Crippen LogP contribution in [-0.4, -0.2) is 141 Å². The molecule has 0 aromatic heterocycles. The van der Waals surface area contributed by atoms with Gasteiger partial charge in [0, 0.05) is 12.8 Å². The maximum Gasteiger partial charge on any atom is 0.303 e. The van der Waals surface area contributed by atoms with E-state index in [-0.39, 0.29) is 63.6 Å². The molecule has 2 heterocycles. The van der Waals surface area contributed by atoms with Crippen molar-refractivity contribution in [1.29, 1.82) is 0 Å². The molecule has 12 N–H and O–H groups in total. The molecule has 2 aliphatic heterocycles. The van der Waals surface area contributed by atoms with Crippen LogP contribution in [0.25, 0.3) is 0 Å². The number of hydrogen-bond acceptors (Lipinski definition) is 14. The molecule has 308 valence electrons. The Morgan fingerprint density at radius 2 is 1.04 bits per heavy atom. The van der Waals surface area contributed by atoms with Crippen molar-refractivity contribution in [2.75, 3.05) is 52.9 Å². The molecule has 0 spiro atoms. The molecule has 0 aromatic rings. The predicted molar refractivity (Wildman–Crippen MR) is 191 cm³/mol. The van der Waals surface area contributed by atoms with E-state index >= 15 is 0 Å². The zero-order valence-electron chi connectivity index (χ0n) is 32.4. The van der Waals surface area contributed by atoms with Crippen molar-refractivity contribution in [3.8, 4) is 0 Å².